The second-order valence-electron chi connectivity index (χ2n) is 5.77. The van der Waals surface area contributed by atoms with Gasteiger partial charge in [0.25, 0.3) is 5.91 Å². The minimum absolute atomic E-state index is 0.258. The Morgan fingerprint density at radius 2 is 1.78 bits per heavy atom. The lowest BCUT2D eigenvalue weighted by molar-refractivity contribution is -0.122. The fraction of sp³-hybridized carbons (Fsp3) is 0.158. The van der Waals surface area contributed by atoms with Gasteiger partial charge in [0.05, 0.1) is 8.95 Å². The van der Waals surface area contributed by atoms with Crippen molar-refractivity contribution in [1.82, 2.24) is 10.2 Å². The van der Waals surface area contributed by atoms with Crippen molar-refractivity contribution in [3.8, 4) is 5.75 Å². The van der Waals surface area contributed by atoms with Gasteiger partial charge in [0.1, 0.15) is 18.1 Å². The van der Waals surface area contributed by atoms with E-state index < -0.39 is 6.03 Å². The summed E-state index contributed by atoms with van der Waals surface area (Å²) < 4.78 is 8.60. The van der Waals surface area contributed by atoms with Crippen LogP contribution >= 0.6 is 54.5 Å². The second kappa shape index (κ2) is 8.74. The van der Waals surface area contributed by atoms with Crippen molar-refractivity contribution < 1.29 is 14.3 Å². The summed E-state index contributed by atoms with van der Waals surface area (Å²) in [4.78, 5) is 25.1. The summed E-state index contributed by atoms with van der Waals surface area (Å²) in [6.45, 7) is 2.53. The van der Waals surface area contributed by atoms with Crippen LogP contribution in [0.5, 0.6) is 5.75 Å². The van der Waals surface area contributed by atoms with Crippen LogP contribution in [0.4, 0.5) is 4.79 Å². The topological polar surface area (TPSA) is 58.6 Å². The minimum Gasteiger partial charge on any atom is -0.487 e. The third-order valence-corrected chi connectivity index (χ3v) is 5.80. The van der Waals surface area contributed by atoms with Crippen molar-refractivity contribution >= 4 is 72.5 Å². The Labute approximate surface area is 187 Å². The van der Waals surface area contributed by atoms with Crippen molar-refractivity contribution in [3.05, 3.63) is 65.7 Å². The van der Waals surface area contributed by atoms with Crippen molar-refractivity contribution in [1.29, 1.82) is 0 Å². The molecule has 27 heavy (non-hydrogen) atoms. The predicted molar refractivity (Wildman–Crippen MR) is 119 cm³/mol. The third kappa shape index (κ3) is 4.72. The first-order chi connectivity index (χ1) is 12.9. The summed E-state index contributed by atoms with van der Waals surface area (Å²) in [5.74, 6) is 0.349. The number of nitrogens with zero attached hydrogens (tertiary/aromatic N) is 1. The van der Waals surface area contributed by atoms with Crippen LogP contribution in [0.15, 0.2) is 51.0 Å². The van der Waals surface area contributed by atoms with Crippen molar-refractivity contribution in [2.75, 3.05) is 6.54 Å². The molecule has 0 aromatic heterocycles. The van der Waals surface area contributed by atoms with E-state index in [0.717, 1.165) is 25.0 Å². The number of hydrogen-bond acceptors (Lipinski definition) is 3. The molecule has 2 aromatic rings. The number of likely N-dealkylation sites (N-methyl/N-ethyl adjacent to an activating group) is 1. The molecular weight excluding hydrogens is 591 g/mol. The number of rotatable bonds is 5. The summed E-state index contributed by atoms with van der Waals surface area (Å²) in [5.41, 5.74) is 2.09. The normalized spacial score (nSPS) is 15.4. The van der Waals surface area contributed by atoms with Crippen molar-refractivity contribution in [3.63, 3.8) is 0 Å². The quantitative estimate of drug-likeness (QED) is 0.286. The summed E-state index contributed by atoms with van der Waals surface area (Å²) in [5, 5.41) is 2.59. The molecule has 1 aliphatic heterocycles. The zero-order valence-electron chi connectivity index (χ0n) is 14.3. The molecule has 0 atom stereocenters. The summed E-state index contributed by atoms with van der Waals surface area (Å²) in [6.07, 6.45) is 1.65. The molecule has 1 saturated heterocycles. The van der Waals surface area contributed by atoms with Crippen LogP contribution < -0.4 is 10.1 Å². The van der Waals surface area contributed by atoms with E-state index in [-0.39, 0.29) is 11.6 Å². The number of halogens is 3. The standard InChI is InChI=1S/C19H15Br2IN2O3/c1-2-24-18(25)16(23-19(24)26)9-12-7-14(20)17(15(21)8-12)27-10-11-3-5-13(22)6-4-11/h3-9H,2,10H2,1H3,(H,23,26)/b16-9+. The van der Waals surface area contributed by atoms with Gasteiger partial charge in [-0.2, -0.15) is 0 Å². The zero-order valence-corrected chi connectivity index (χ0v) is 19.6. The Hall–Kier alpha value is -1.39. The van der Waals surface area contributed by atoms with E-state index in [1.54, 1.807) is 13.0 Å². The first-order valence-electron chi connectivity index (χ1n) is 8.10. The van der Waals surface area contributed by atoms with Crippen LogP contribution in [-0.4, -0.2) is 23.4 Å². The predicted octanol–water partition coefficient (Wildman–Crippen LogP) is 5.31. The van der Waals surface area contributed by atoms with E-state index in [2.05, 4.69) is 59.8 Å². The zero-order chi connectivity index (χ0) is 19.6. The van der Waals surface area contributed by atoms with E-state index in [9.17, 15) is 9.59 Å². The van der Waals surface area contributed by atoms with Gasteiger partial charge in [0, 0.05) is 10.1 Å². The maximum Gasteiger partial charge on any atom is 0.328 e. The lowest BCUT2D eigenvalue weighted by Crippen LogP contribution is -2.30. The molecule has 3 amide bonds. The molecule has 8 heteroatoms. The van der Waals surface area contributed by atoms with E-state index in [1.807, 2.05) is 36.4 Å². The maximum atomic E-state index is 12.2. The highest BCUT2D eigenvalue weighted by Crippen LogP contribution is 2.36. The molecular formula is C19H15Br2IN2O3. The Morgan fingerprint density at radius 3 is 2.33 bits per heavy atom. The van der Waals surface area contributed by atoms with E-state index in [4.69, 9.17) is 4.74 Å². The molecule has 0 bridgehead atoms. The number of benzene rings is 2. The van der Waals surface area contributed by atoms with Gasteiger partial charge < -0.3 is 10.1 Å². The van der Waals surface area contributed by atoms with E-state index in [1.165, 1.54) is 3.57 Å². The number of imide groups is 1. The van der Waals surface area contributed by atoms with Crippen LogP contribution in [0.25, 0.3) is 6.08 Å². The molecule has 140 valence electrons. The SMILES string of the molecule is CCN1C(=O)N/C(=C/c2cc(Br)c(OCc3ccc(I)cc3)c(Br)c2)C1=O. The first-order valence-corrected chi connectivity index (χ1v) is 10.8. The number of hydrogen-bond donors (Lipinski definition) is 1. The molecule has 0 spiro atoms. The number of ether oxygens (including phenoxy) is 1. The van der Waals surface area contributed by atoms with Crippen LogP contribution in [0.3, 0.4) is 0 Å². The number of carbonyl (C=O) groups is 2. The summed E-state index contributed by atoms with van der Waals surface area (Å²) in [7, 11) is 0. The highest BCUT2D eigenvalue weighted by Gasteiger charge is 2.32. The smallest absolute Gasteiger partial charge is 0.328 e. The second-order valence-corrected chi connectivity index (χ2v) is 8.72. The number of urea groups is 1. The number of carbonyl (C=O) groups excluding carboxylic acids is 2. The summed E-state index contributed by atoms with van der Waals surface area (Å²) in [6, 6.07) is 11.4. The average molecular weight is 606 g/mol. The maximum absolute atomic E-state index is 12.2. The molecule has 0 aliphatic carbocycles. The van der Waals surface area contributed by atoms with Gasteiger partial charge in [0.15, 0.2) is 0 Å². The van der Waals surface area contributed by atoms with Gasteiger partial charge in [-0.15, -0.1) is 0 Å². The van der Waals surface area contributed by atoms with Crippen LogP contribution in [0, 0.1) is 3.57 Å². The van der Waals surface area contributed by atoms with Gasteiger partial charge in [0.2, 0.25) is 0 Å². The van der Waals surface area contributed by atoms with Gasteiger partial charge in [-0.1, -0.05) is 12.1 Å². The van der Waals surface area contributed by atoms with Crippen LogP contribution in [0.1, 0.15) is 18.1 Å². The Kier molecular flexibility index (Phi) is 6.59. The third-order valence-electron chi connectivity index (χ3n) is 3.91. The number of amides is 3. The molecule has 3 rings (SSSR count). The minimum atomic E-state index is -0.399. The van der Waals surface area contributed by atoms with Gasteiger partial charge in [-0.05, 0) is 103 Å². The van der Waals surface area contributed by atoms with Crippen LogP contribution in [-0.2, 0) is 11.4 Å². The van der Waals surface area contributed by atoms with Crippen LogP contribution in [0.2, 0.25) is 0 Å². The lowest BCUT2D eigenvalue weighted by atomic mass is 10.2. The summed E-state index contributed by atoms with van der Waals surface area (Å²) >= 11 is 9.30. The highest BCUT2D eigenvalue weighted by molar-refractivity contribution is 14.1. The molecule has 1 fully saturated rings. The molecule has 1 heterocycles. The Balaban J connectivity index is 1.79. The average Bonchev–Trinajstić information content (AvgIpc) is 2.88. The van der Waals surface area contributed by atoms with Gasteiger partial charge in [-0.3, -0.25) is 9.69 Å². The van der Waals surface area contributed by atoms with E-state index in [0.29, 0.717) is 18.9 Å². The Morgan fingerprint density at radius 1 is 1.15 bits per heavy atom. The molecule has 5 nitrogen and oxygen atoms in total. The fourth-order valence-corrected chi connectivity index (χ4v) is 4.37. The van der Waals surface area contributed by atoms with Crippen molar-refractivity contribution in [2.45, 2.75) is 13.5 Å². The molecule has 1 aliphatic rings. The molecule has 1 N–H and O–H groups in total. The monoisotopic (exact) mass is 604 g/mol. The molecule has 2 aromatic carbocycles. The number of nitrogens with one attached hydrogen (secondary N) is 1. The molecule has 0 saturated carbocycles. The first kappa shape index (κ1) is 20.3. The highest BCUT2D eigenvalue weighted by atomic mass is 127. The molecule has 0 unspecified atom stereocenters. The van der Waals surface area contributed by atoms with Gasteiger partial charge >= 0.3 is 6.03 Å². The largest absolute Gasteiger partial charge is 0.487 e. The van der Waals surface area contributed by atoms with Gasteiger partial charge in [-0.25, -0.2) is 4.79 Å². The molecule has 0 radical (unpaired) electrons. The Bertz CT molecular complexity index is 906. The van der Waals surface area contributed by atoms with Crippen molar-refractivity contribution in [2.24, 2.45) is 0 Å². The lowest BCUT2D eigenvalue weighted by Gasteiger charge is -2.12. The fourth-order valence-electron chi connectivity index (χ4n) is 2.56. The van der Waals surface area contributed by atoms with E-state index >= 15 is 0 Å².